The van der Waals surface area contributed by atoms with Gasteiger partial charge in [-0.1, -0.05) is 37.7 Å². The van der Waals surface area contributed by atoms with Gasteiger partial charge in [-0.05, 0) is 41.0 Å². The average molecular weight is 334 g/mol. The van der Waals surface area contributed by atoms with E-state index in [1.807, 2.05) is 29.6 Å². The Bertz CT molecular complexity index is 698. The lowest BCUT2D eigenvalue weighted by atomic mass is 10.0. The van der Waals surface area contributed by atoms with E-state index in [9.17, 15) is 9.59 Å². The average Bonchev–Trinajstić information content (AvgIpc) is 2.94. The maximum absolute atomic E-state index is 11.7. The number of hydrogen-bond donors (Lipinski definition) is 2. The number of nitrogens with one attached hydrogen (secondary N) is 1. The Labute approximate surface area is 137 Å². The molecule has 0 radical (unpaired) electrons. The molecule has 122 valence electrons. The number of aromatic nitrogens is 4. The third-order valence-electron chi connectivity index (χ3n) is 3.14. The van der Waals surface area contributed by atoms with Gasteiger partial charge in [-0.3, -0.25) is 10.1 Å². The first kappa shape index (κ1) is 16.9. The minimum atomic E-state index is -0.883. The number of rotatable bonds is 5. The molecule has 0 fully saturated rings. The van der Waals surface area contributed by atoms with Gasteiger partial charge in [0.1, 0.15) is 0 Å². The van der Waals surface area contributed by atoms with Crippen LogP contribution in [0.3, 0.4) is 0 Å². The number of nitrogens with zero attached hydrogens (tertiary/aromatic N) is 4. The molecule has 2 aromatic rings. The summed E-state index contributed by atoms with van der Waals surface area (Å²) >= 11 is 1.14. The molecule has 0 saturated heterocycles. The Balaban J connectivity index is 2.16. The van der Waals surface area contributed by atoms with Gasteiger partial charge >= 0.3 is 6.03 Å². The number of benzene rings is 1. The highest BCUT2D eigenvalue weighted by Crippen LogP contribution is 2.24. The molecule has 1 aromatic heterocycles. The second kappa shape index (κ2) is 7.23. The van der Waals surface area contributed by atoms with Crippen molar-refractivity contribution in [1.29, 1.82) is 0 Å². The molecule has 1 heterocycles. The molecule has 0 bridgehead atoms. The molecule has 0 aliphatic rings. The molecule has 0 saturated carbocycles. The van der Waals surface area contributed by atoms with Crippen LogP contribution in [0.25, 0.3) is 5.69 Å². The summed E-state index contributed by atoms with van der Waals surface area (Å²) in [6.45, 7) is 5.88. The van der Waals surface area contributed by atoms with Crippen molar-refractivity contribution in [1.82, 2.24) is 25.5 Å². The van der Waals surface area contributed by atoms with Crippen molar-refractivity contribution >= 4 is 23.7 Å². The van der Waals surface area contributed by atoms with Crippen LogP contribution >= 0.6 is 11.8 Å². The monoisotopic (exact) mass is 334 g/mol. The summed E-state index contributed by atoms with van der Waals surface area (Å²) in [5, 5.41) is 13.4. The first-order chi connectivity index (χ1) is 10.9. The molecule has 1 aromatic carbocycles. The van der Waals surface area contributed by atoms with Crippen LogP contribution in [0.1, 0.15) is 32.3 Å². The predicted octanol–water partition coefficient (Wildman–Crippen LogP) is 1.46. The predicted molar refractivity (Wildman–Crippen MR) is 86.3 cm³/mol. The van der Waals surface area contributed by atoms with E-state index < -0.39 is 17.2 Å². The zero-order valence-corrected chi connectivity index (χ0v) is 13.9. The lowest BCUT2D eigenvalue weighted by Crippen LogP contribution is -2.39. The molecule has 0 spiro atoms. The molecular formula is C14H18N6O2S. The highest BCUT2D eigenvalue weighted by molar-refractivity contribution is 8.00. The summed E-state index contributed by atoms with van der Waals surface area (Å²) < 4.78 is 1.54. The van der Waals surface area contributed by atoms with E-state index >= 15 is 0 Å². The molecule has 23 heavy (non-hydrogen) atoms. The van der Waals surface area contributed by atoms with Crippen molar-refractivity contribution in [2.45, 2.75) is 37.1 Å². The number of urea groups is 1. The van der Waals surface area contributed by atoms with Crippen LogP contribution in [-0.2, 0) is 4.79 Å². The van der Waals surface area contributed by atoms with Gasteiger partial charge in [0.2, 0.25) is 11.1 Å². The lowest BCUT2D eigenvalue weighted by molar-refractivity contribution is -0.119. The summed E-state index contributed by atoms with van der Waals surface area (Å²) in [5.41, 5.74) is 6.95. The normalized spacial score (nSPS) is 12.2. The van der Waals surface area contributed by atoms with Gasteiger partial charge in [0, 0.05) is 0 Å². The number of thioether (sulfide) groups is 1. The van der Waals surface area contributed by atoms with Gasteiger partial charge in [-0.15, -0.1) is 5.10 Å². The van der Waals surface area contributed by atoms with Crippen LogP contribution in [0.4, 0.5) is 4.79 Å². The second-order valence-electron chi connectivity index (χ2n) is 5.23. The van der Waals surface area contributed by atoms with Crippen LogP contribution in [-0.4, -0.2) is 37.4 Å². The van der Waals surface area contributed by atoms with Crippen LogP contribution in [0, 0.1) is 0 Å². The second-order valence-corrected chi connectivity index (χ2v) is 6.54. The summed E-state index contributed by atoms with van der Waals surface area (Å²) in [6, 6.07) is 6.98. The fourth-order valence-corrected chi connectivity index (χ4v) is 2.66. The van der Waals surface area contributed by atoms with Crippen LogP contribution in [0.15, 0.2) is 29.4 Å². The summed E-state index contributed by atoms with van der Waals surface area (Å²) in [6.07, 6.45) is 0. The molecule has 3 N–H and O–H groups in total. The molecule has 8 nitrogen and oxygen atoms in total. The Morgan fingerprint density at radius 1 is 1.22 bits per heavy atom. The topological polar surface area (TPSA) is 116 Å². The van der Waals surface area contributed by atoms with Crippen molar-refractivity contribution in [2.24, 2.45) is 5.73 Å². The van der Waals surface area contributed by atoms with Gasteiger partial charge in [0.25, 0.3) is 0 Å². The van der Waals surface area contributed by atoms with Gasteiger partial charge in [-0.25, -0.2) is 4.79 Å². The van der Waals surface area contributed by atoms with Crippen LogP contribution < -0.4 is 11.1 Å². The van der Waals surface area contributed by atoms with E-state index in [0.29, 0.717) is 11.1 Å². The third-order valence-corrected chi connectivity index (χ3v) is 4.18. The quantitative estimate of drug-likeness (QED) is 0.800. The largest absolute Gasteiger partial charge is 0.351 e. The van der Waals surface area contributed by atoms with Crippen molar-refractivity contribution in [3.63, 3.8) is 0 Å². The number of tetrazole rings is 1. The Hall–Kier alpha value is -2.42. The zero-order valence-electron chi connectivity index (χ0n) is 13.1. The van der Waals surface area contributed by atoms with Crippen molar-refractivity contribution in [3.05, 3.63) is 29.8 Å². The summed E-state index contributed by atoms with van der Waals surface area (Å²) in [4.78, 5) is 22.5. The number of primary amides is 1. The first-order valence-corrected chi connectivity index (χ1v) is 7.92. The van der Waals surface area contributed by atoms with E-state index in [1.54, 1.807) is 11.6 Å². The van der Waals surface area contributed by atoms with Crippen molar-refractivity contribution in [2.75, 3.05) is 0 Å². The number of hydrogen-bond acceptors (Lipinski definition) is 6. The van der Waals surface area contributed by atoms with Crippen LogP contribution in [0.2, 0.25) is 0 Å². The molecule has 2 rings (SSSR count). The van der Waals surface area contributed by atoms with Crippen molar-refractivity contribution < 1.29 is 9.59 Å². The smallest absolute Gasteiger partial charge is 0.318 e. The standard InChI is InChI=1S/C14H18N6O2S/c1-8(2)10-4-6-11(7-5-10)20-14(17-18-19-20)23-9(3)12(21)16-13(15)22/h4-9H,1-3H3,(H3,15,16,21,22). The summed E-state index contributed by atoms with van der Waals surface area (Å²) in [7, 11) is 0. The van der Waals surface area contributed by atoms with Gasteiger partial charge < -0.3 is 5.73 Å². The van der Waals surface area contributed by atoms with E-state index in [2.05, 4.69) is 29.4 Å². The zero-order chi connectivity index (χ0) is 17.0. The molecule has 0 aliphatic carbocycles. The van der Waals surface area contributed by atoms with Gasteiger partial charge in [0.15, 0.2) is 0 Å². The number of nitrogens with two attached hydrogens (primary N) is 1. The summed E-state index contributed by atoms with van der Waals surface area (Å²) in [5.74, 6) is -0.0588. The molecule has 1 unspecified atom stereocenters. The maximum atomic E-state index is 11.7. The molecule has 0 aliphatic heterocycles. The molecule has 3 amide bonds. The Kier molecular flexibility index (Phi) is 5.32. The molecule has 9 heteroatoms. The minimum absolute atomic E-state index is 0.435. The SMILES string of the molecule is CC(Sc1nnnn1-c1ccc(C(C)C)cc1)C(=O)NC(N)=O. The Morgan fingerprint density at radius 3 is 2.43 bits per heavy atom. The number of carbonyl (C=O) groups is 2. The van der Waals surface area contributed by atoms with Gasteiger partial charge in [0.05, 0.1) is 10.9 Å². The highest BCUT2D eigenvalue weighted by Gasteiger charge is 2.20. The minimum Gasteiger partial charge on any atom is -0.351 e. The number of carbonyl (C=O) groups excluding carboxylic acids is 2. The van der Waals surface area contributed by atoms with E-state index in [-0.39, 0.29) is 0 Å². The van der Waals surface area contributed by atoms with E-state index in [0.717, 1.165) is 17.4 Å². The fourth-order valence-electron chi connectivity index (χ4n) is 1.85. The van der Waals surface area contributed by atoms with Crippen LogP contribution in [0.5, 0.6) is 0 Å². The molecule has 1 atom stereocenters. The maximum Gasteiger partial charge on any atom is 0.318 e. The van der Waals surface area contributed by atoms with E-state index in [1.165, 1.54) is 5.56 Å². The fraction of sp³-hybridized carbons (Fsp3) is 0.357. The number of imide groups is 1. The Morgan fingerprint density at radius 2 is 1.87 bits per heavy atom. The lowest BCUT2D eigenvalue weighted by Gasteiger charge is -2.10. The highest BCUT2D eigenvalue weighted by atomic mass is 32.2. The van der Waals surface area contributed by atoms with Crippen molar-refractivity contribution in [3.8, 4) is 5.69 Å². The first-order valence-electron chi connectivity index (χ1n) is 7.04. The van der Waals surface area contributed by atoms with Gasteiger partial charge in [-0.2, -0.15) is 4.68 Å². The van der Waals surface area contributed by atoms with E-state index in [4.69, 9.17) is 5.73 Å². The molecular weight excluding hydrogens is 316 g/mol. The number of amides is 3. The third kappa shape index (κ3) is 4.28.